The second-order valence-corrected chi connectivity index (χ2v) is 8.84. The van der Waals surface area contributed by atoms with E-state index in [1.165, 1.54) is 23.6 Å². The number of anilines is 1. The Hall–Kier alpha value is -2.07. The lowest BCUT2D eigenvalue weighted by molar-refractivity contribution is 0.248. The number of pyridine rings is 1. The molecule has 2 aromatic heterocycles. The van der Waals surface area contributed by atoms with Gasteiger partial charge in [0, 0.05) is 47.6 Å². The monoisotopic (exact) mass is 504 g/mol. The van der Waals surface area contributed by atoms with E-state index in [-0.39, 0.29) is 5.82 Å². The fourth-order valence-corrected chi connectivity index (χ4v) is 4.57. The van der Waals surface area contributed by atoms with Gasteiger partial charge in [-0.3, -0.25) is 9.88 Å². The van der Waals surface area contributed by atoms with E-state index in [2.05, 4.69) is 53.8 Å². The third kappa shape index (κ3) is 3.75. The average Bonchev–Trinajstić information content (AvgIpc) is 3.49. The maximum atomic E-state index is 14.4. The number of aryl methyl sites for hydroxylation is 1. The van der Waals surface area contributed by atoms with E-state index < -0.39 is 0 Å². The molecule has 1 aliphatic heterocycles. The van der Waals surface area contributed by atoms with Gasteiger partial charge in [-0.1, -0.05) is 11.3 Å². The Kier molecular flexibility index (Phi) is 4.99. The summed E-state index contributed by atoms with van der Waals surface area (Å²) in [6, 6.07) is 6.17. The lowest BCUT2D eigenvalue weighted by Gasteiger charge is -2.36. The second kappa shape index (κ2) is 7.64. The summed E-state index contributed by atoms with van der Waals surface area (Å²) in [5, 5.41) is 8.46. The van der Waals surface area contributed by atoms with E-state index in [1.807, 2.05) is 13.1 Å². The minimum absolute atomic E-state index is 0.308. The molecule has 1 aliphatic carbocycles. The SMILES string of the molecule is Cc1ccc(F)c(-n2cc(-c3cncc(N4CCN(C5CC5)CC4)c3)nn2)c1I. The molecule has 1 aromatic carbocycles. The molecule has 1 saturated carbocycles. The smallest absolute Gasteiger partial charge is 0.150 e. The summed E-state index contributed by atoms with van der Waals surface area (Å²) in [6.45, 7) is 6.20. The Morgan fingerprint density at radius 1 is 1.10 bits per heavy atom. The van der Waals surface area contributed by atoms with E-state index in [0.717, 1.165) is 52.6 Å². The van der Waals surface area contributed by atoms with Crippen LogP contribution in [0.2, 0.25) is 0 Å². The molecular formula is C21H22FIN6. The van der Waals surface area contributed by atoms with Gasteiger partial charge < -0.3 is 4.90 Å². The second-order valence-electron chi connectivity index (χ2n) is 7.76. The van der Waals surface area contributed by atoms with E-state index in [9.17, 15) is 4.39 Å². The third-order valence-corrected chi connectivity index (χ3v) is 7.11. The Morgan fingerprint density at radius 2 is 1.90 bits per heavy atom. The van der Waals surface area contributed by atoms with Crippen molar-refractivity contribution < 1.29 is 4.39 Å². The van der Waals surface area contributed by atoms with Crippen molar-refractivity contribution in [2.75, 3.05) is 31.1 Å². The first-order valence-electron chi connectivity index (χ1n) is 9.92. The molecule has 0 N–H and O–H groups in total. The topological polar surface area (TPSA) is 50.1 Å². The normalized spacial score (nSPS) is 17.7. The summed E-state index contributed by atoms with van der Waals surface area (Å²) in [4.78, 5) is 9.40. The molecule has 2 fully saturated rings. The Labute approximate surface area is 182 Å². The van der Waals surface area contributed by atoms with Gasteiger partial charge in [-0.15, -0.1) is 5.10 Å². The van der Waals surface area contributed by atoms with Gasteiger partial charge in [0.25, 0.3) is 0 Å². The highest BCUT2D eigenvalue weighted by Gasteiger charge is 2.31. The number of rotatable bonds is 4. The fourth-order valence-electron chi connectivity index (χ4n) is 3.88. The molecule has 3 heterocycles. The number of piperazine rings is 1. The summed E-state index contributed by atoms with van der Waals surface area (Å²) in [6.07, 6.45) is 8.17. The summed E-state index contributed by atoms with van der Waals surface area (Å²) >= 11 is 2.15. The van der Waals surface area contributed by atoms with E-state index in [1.54, 1.807) is 18.5 Å². The van der Waals surface area contributed by atoms with Crippen molar-refractivity contribution in [3.8, 4) is 16.9 Å². The number of nitrogens with zero attached hydrogens (tertiary/aromatic N) is 6. The zero-order chi connectivity index (χ0) is 20.0. The standard InChI is InChI=1S/C21H22FIN6/c1-14-2-5-18(22)21(20(14)23)29-13-19(25-26-29)15-10-17(12-24-11-15)28-8-6-27(7-9-28)16-3-4-16/h2,5,10-13,16H,3-4,6-9H2,1H3. The number of hydrogen-bond acceptors (Lipinski definition) is 5. The highest BCUT2D eigenvalue weighted by Crippen LogP contribution is 2.30. The van der Waals surface area contributed by atoms with Crippen LogP contribution in [0.25, 0.3) is 16.9 Å². The van der Waals surface area contributed by atoms with Crippen molar-refractivity contribution in [2.45, 2.75) is 25.8 Å². The molecule has 0 bridgehead atoms. The highest BCUT2D eigenvalue weighted by molar-refractivity contribution is 14.1. The van der Waals surface area contributed by atoms with Gasteiger partial charge in [-0.25, -0.2) is 9.07 Å². The van der Waals surface area contributed by atoms with Crippen molar-refractivity contribution in [3.63, 3.8) is 0 Å². The van der Waals surface area contributed by atoms with Crippen molar-refractivity contribution in [2.24, 2.45) is 0 Å². The van der Waals surface area contributed by atoms with Crippen molar-refractivity contribution in [1.29, 1.82) is 0 Å². The van der Waals surface area contributed by atoms with Gasteiger partial charge in [0.15, 0.2) is 0 Å². The Balaban J connectivity index is 1.39. The first kappa shape index (κ1) is 18.9. The Bertz CT molecular complexity index is 1040. The largest absolute Gasteiger partial charge is 0.368 e. The van der Waals surface area contributed by atoms with Crippen LogP contribution in [-0.2, 0) is 0 Å². The summed E-state index contributed by atoms with van der Waals surface area (Å²) in [5.41, 5.74) is 4.12. The minimum atomic E-state index is -0.308. The molecule has 6 nitrogen and oxygen atoms in total. The maximum Gasteiger partial charge on any atom is 0.150 e. The molecule has 8 heteroatoms. The fraction of sp³-hybridized carbons (Fsp3) is 0.381. The lowest BCUT2D eigenvalue weighted by Crippen LogP contribution is -2.47. The molecule has 5 rings (SSSR count). The van der Waals surface area contributed by atoms with Gasteiger partial charge >= 0.3 is 0 Å². The molecule has 1 saturated heterocycles. The molecule has 0 unspecified atom stereocenters. The summed E-state index contributed by atoms with van der Waals surface area (Å²) in [5.74, 6) is -0.308. The van der Waals surface area contributed by atoms with Crippen LogP contribution in [0, 0.1) is 16.3 Å². The predicted octanol–water partition coefficient (Wildman–Crippen LogP) is 3.67. The van der Waals surface area contributed by atoms with Crippen LogP contribution in [0.1, 0.15) is 18.4 Å². The highest BCUT2D eigenvalue weighted by atomic mass is 127. The summed E-state index contributed by atoms with van der Waals surface area (Å²) < 4.78 is 16.8. The van der Waals surface area contributed by atoms with Crippen LogP contribution < -0.4 is 4.90 Å². The van der Waals surface area contributed by atoms with Crippen LogP contribution >= 0.6 is 22.6 Å². The lowest BCUT2D eigenvalue weighted by atomic mass is 10.2. The molecule has 0 atom stereocenters. The number of aromatic nitrogens is 4. The van der Waals surface area contributed by atoms with Gasteiger partial charge in [0.2, 0.25) is 0 Å². The molecule has 0 amide bonds. The zero-order valence-electron chi connectivity index (χ0n) is 16.2. The molecule has 0 spiro atoms. The van der Waals surface area contributed by atoms with Gasteiger partial charge in [-0.05, 0) is 60.1 Å². The van der Waals surface area contributed by atoms with Gasteiger partial charge in [0.1, 0.15) is 17.2 Å². The van der Waals surface area contributed by atoms with Crippen LogP contribution in [-0.4, -0.2) is 57.1 Å². The Morgan fingerprint density at radius 3 is 2.66 bits per heavy atom. The molecule has 0 radical (unpaired) electrons. The number of halogens is 2. The molecule has 150 valence electrons. The van der Waals surface area contributed by atoms with Crippen molar-refractivity contribution in [3.05, 3.63) is 51.7 Å². The molecule has 3 aromatic rings. The maximum absolute atomic E-state index is 14.4. The molecule has 29 heavy (non-hydrogen) atoms. The zero-order valence-corrected chi connectivity index (χ0v) is 18.4. The van der Waals surface area contributed by atoms with Crippen molar-refractivity contribution in [1.82, 2.24) is 24.9 Å². The van der Waals surface area contributed by atoms with E-state index >= 15 is 0 Å². The third-order valence-electron chi connectivity index (χ3n) is 5.74. The number of benzene rings is 1. The quantitative estimate of drug-likeness (QED) is 0.508. The van der Waals surface area contributed by atoms with Crippen LogP contribution in [0.15, 0.2) is 36.8 Å². The summed E-state index contributed by atoms with van der Waals surface area (Å²) in [7, 11) is 0. The van der Waals surface area contributed by atoms with Crippen molar-refractivity contribution >= 4 is 28.3 Å². The van der Waals surface area contributed by atoms with E-state index in [4.69, 9.17) is 0 Å². The van der Waals surface area contributed by atoms with Crippen LogP contribution in [0.3, 0.4) is 0 Å². The average molecular weight is 504 g/mol. The van der Waals surface area contributed by atoms with E-state index in [0.29, 0.717) is 11.4 Å². The first-order chi connectivity index (χ1) is 14.1. The van der Waals surface area contributed by atoms with Gasteiger partial charge in [0.05, 0.1) is 18.1 Å². The molecule has 2 aliphatic rings. The van der Waals surface area contributed by atoms with Gasteiger partial charge in [-0.2, -0.15) is 0 Å². The first-order valence-corrected chi connectivity index (χ1v) is 11.0. The van der Waals surface area contributed by atoms with Crippen LogP contribution in [0.5, 0.6) is 0 Å². The predicted molar refractivity (Wildman–Crippen MR) is 119 cm³/mol. The minimum Gasteiger partial charge on any atom is -0.368 e. The number of hydrogen-bond donors (Lipinski definition) is 0. The molecular weight excluding hydrogens is 482 g/mol. The van der Waals surface area contributed by atoms with Crippen LogP contribution in [0.4, 0.5) is 10.1 Å².